The number of hydrogen-bond donors (Lipinski definition) is 2. The molecule has 2 fully saturated rings. The van der Waals surface area contributed by atoms with Crippen molar-refractivity contribution in [3.8, 4) is 0 Å². The first-order chi connectivity index (χ1) is 15.1. The molecule has 1 atom stereocenters. The van der Waals surface area contributed by atoms with E-state index in [1.165, 1.54) is 25.0 Å². The molecule has 9 heteroatoms. The van der Waals surface area contributed by atoms with Crippen molar-refractivity contribution in [3.05, 3.63) is 53.7 Å². The zero-order valence-electron chi connectivity index (χ0n) is 18.4. The zero-order valence-corrected chi connectivity index (χ0v) is 20.7. The summed E-state index contributed by atoms with van der Waals surface area (Å²) >= 11 is 0. The summed E-state index contributed by atoms with van der Waals surface area (Å²) in [6.07, 6.45) is 5.15. The van der Waals surface area contributed by atoms with Gasteiger partial charge >= 0.3 is 0 Å². The van der Waals surface area contributed by atoms with Crippen LogP contribution in [0.4, 0.5) is 20.3 Å². The quantitative estimate of drug-likeness (QED) is 0.321. The van der Waals surface area contributed by atoms with Gasteiger partial charge in [0, 0.05) is 51.0 Å². The number of pyridine rings is 1. The van der Waals surface area contributed by atoms with Crippen molar-refractivity contribution in [2.75, 3.05) is 42.5 Å². The maximum absolute atomic E-state index is 14.1. The first kappa shape index (κ1) is 24.5. The van der Waals surface area contributed by atoms with Crippen LogP contribution in [0.25, 0.3) is 0 Å². The van der Waals surface area contributed by atoms with E-state index >= 15 is 0 Å². The van der Waals surface area contributed by atoms with Crippen LogP contribution in [0.1, 0.15) is 31.7 Å². The van der Waals surface area contributed by atoms with E-state index in [0.717, 1.165) is 49.5 Å². The van der Waals surface area contributed by atoms with Gasteiger partial charge in [-0.2, -0.15) is 0 Å². The van der Waals surface area contributed by atoms with Crippen LogP contribution in [0.5, 0.6) is 0 Å². The molecule has 6 nitrogen and oxygen atoms in total. The Labute approximate surface area is 205 Å². The van der Waals surface area contributed by atoms with Gasteiger partial charge in [-0.25, -0.2) is 18.8 Å². The number of rotatable bonds is 6. The van der Waals surface area contributed by atoms with E-state index in [9.17, 15) is 8.78 Å². The van der Waals surface area contributed by atoms with E-state index in [2.05, 4.69) is 26.6 Å². The number of halogens is 3. The third kappa shape index (κ3) is 6.20. The van der Waals surface area contributed by atoms with Crippen LogP contribution >= 0.6 is 24.0 Å². The number of aromatic nitrogens is 1. The number of nitrogens with zero attached hydrogens (tertiary/aromatic N) is 4. The Balaban J connectivity index is 0.00000289. The van der Waals surface area contributed by atoms with Crippen molar-refractivity contribution in [2.24, 2.45) is 4.99 Å². The Hall–Kier alpha value is -2.17. The lowest BCUT2D eigenvalue weighted by molar-refractivity contribution is 0.580. The predicted octanol–water partition coefficient (Wildman–Crippen LogP) is 3.91. The summed E-state index contributed by atoms with van der Waals surface area (Å²) in [7, 11) is 0. The molecule has 1 aromatic carbocycles. The van der Waals surface area contributed by atoms with Gasteiger partial charge in [-0.05, 0) is 56.0 Å². The van der Waals surface area contributed by atoms with Crippen LogP contribution in [-0.2, 0) is 6.54 Å². The molecule has 0 radical (unpaired) electrons. The topological polar surface area (TPSA) is 55.8 Å². The van der Waals surface area contributed by atoms with Crippen molar-refractivity contribution < 1.29 is 8.78 Å². The molecule has 1 unspecified atom stereocenters. The Morgan fingerprint density at radius 3 is 2.69 bits per heavy atom. The van der Waals surface area contributed by atoms with Gasteiger partial charge in [-0.1, -0.05) is 0 Å². The molecule has 2 N–H and O–H groups in total. The number of nitrogens with one attached hydrogen (secondary N) is 2. The Bertz CT molecular complexity index is 919. The third-order valence-corrected chi connectivity index (χ3v) is 5.78. The van der Waals surface area contributed by atoms with Crippen LogP contribution in [0.3, 0.4) is 0 Å². The largest absolute Gasteiger partial charge is 0.367 e. The maximum atomic E-state index is 14.1. The second-order valence-corrected chi connectivity index (χ2v) is 8.08. The summed E-state index contributed by atoms with van der Waals surface area (Å²) in [5.74, 6) is 0.692. The standard InChI is InChI=1S/C23H30F2N6.HI/c1-2-26-23(28-15-17-7-9-27-22(13-17)30-10-3-4-11-30)29-19-8-12-31(16-19)21-6-5-18(24)14-20(21)25;/h5-7,9,13-14,19H,2-4,8,10-12,15-16H2,1H3,(H2,26,28,29);1H. The van der Waals surface area contributed by atoms with Crippen molar-refractivity contribution in [1.82, 2.24) is 15.6 Å². The SMILES string of the molecule is CCNC(=NCc1ccnc(N2CCCC2)c1)NC1CCN(c2ccc(F)cc2F)C1.I. The van der Waals surface area contributed by atoms with E-state index in [1.807, 2.05) is 24.1 Å². The highest BCUT2D eigenvalue weighted by molar-refractivity contribution is 14.0. The minimum atomic E-state index is -0.555. The molecule has 1 aromatic heterocycles. The molecule has 0 aliphatic carbocycles. The van der Waals surface area contributed by atoms with E-state index in [1.54, 1.807) is 0 Å². The monoisotopic (exact) mass is 556 g/mol. The second kappa shape index (κ2) is 11.6. The van der Waals surface area contributed by atoms with Crippen LogP contribution in [0.15, 0.2) is 41.5 Å². The summed E-state index contributed by atoms with van der Waals surface area (Å²) < 4.78 is 27.3. The van der Waals surface area contributed by atoms with Crippen LogP contribution in [-0.4, -0.2) is 49.7 Å². The zero-order chi connectivity index (χ0) is 21.6. The summed E-state index contributed by atoms with van der Waals surface area (Å²) in [5.41, 5.74) is 1.56. The molecule has 0 bridgehead atoms. The summed E-state index contributed by atoms with van der Waals surface area (Å²) in [5, 5.41) is 6.76. The first-order valence-electron chi connectivity index (χ1n) is 11.1. The van der Waals surface area contributed by atoms with Crippen molar-refractivity contribution in [1.29, 1.82) is 0 Å². The second-order valence-electron chi connectivity index (χ2n) is 8.08. The van der Waals surface area contributed by atoms with Crippen molar-refractivity contribution in [2.45, 2.75) is 38.8 Å². The van der Waals surface area contributed by atoms with Crippen molar-refractivity contribution in [3.63, 3.8) is 0 Å². The minimum Gasteiger partial charge on any atom is -0.367 e. The first-order valence-corrected chi connectivity index (χ1v) is 11.1. The highest BCUT2D eigenvalue weighted by Gasteiger charge is 2.25. The molecule has 0 saturated carbocycles. The molecule has 3 heterocycles. The maximum Gasteiger partial charge on any atom is 0.191 e. The molecule has 0 amide bonds. The highest BCUT2D eigenvalue weighted by Crippen LogP contribution is 2.24. The smallest absolute Gasteiger partial charge is 0.191 e. The van der Waals surface area contributed by atoms with Crippen molar-refractivity contribution >= 4 is 41.4 Å². The predicted molar refractivity (Wildman–Crippen MR) is 136 cm³/mol. The third-order valence-electron chi connectivity index (χ3n) is 5.78. The average Bonchev–Trinajstić information content (AvgIpc) is 3.45. The van der Waals surface area contributed by atoms with Gasteiger partial charge in [-0.3, -0.25) is 0 Å². The number of guanidine groups is 1. The normalized spacial score (nSPS) is 18.6. The number of hydrogen-bond acceptors (Lipinski definition) is 4. The van der Waals surface area contributed by atoms with Crippen LogP contribution in [0.2, 0.25) is 0 Å². The summed E-state index contributed by atoms with van der Waals surface area (Å²) in [4.78, 5) is 13.5. The molecule has 32 heavy (non-hydrogen) atoms. The Morgan fingerprint density at radius 1 is 1.12 bits per heavy atom. The van der Waals surface area contributed by atoms with Crippen LogP contribution < -0.4 is 20.4 Å². The molecule has 2 aliphatic heterocycles. The van der Waals surface area contributed by atoms with Gasteiger partial charge in [0.25, 0.3) is 0 Å². The molecular weight excluding hydrogens is 525 g/mol. The average molecular weight is 556 g/mol. The van der Waals surface area contributed by atoms with Gasteiger partial charge < -0.3 is 20.4 Å². The Kier molecular flexibility index (Phi) is 8.89. The number of anilines is 2. The van der Waals surface area contributed by atoms with E-state index in [-0.39, 0.29) is 30.0 Å². The van der Waals surface area contributed by atoms with Gasteiger partial charge in [0.2, 0.25) is 0 Å². The molecule has 2 aliphatic rings. The van der Waals surface area contributed by atoms with Gasteiger partial charge in [0.05, 0.1) is 12.2 Å². The lowest BCUT2D eigenvalue weighted by Gasteiger charge is -2.21. The van der Waals surface area contributed by atoms with E-state index in [4.69, 9.17) is 4.99 Å². The molecular formula is C23H31F2IN6. The fourth-order valence-corrected chi connectivity index (χ4v) is 4.20. The molecule has 4 rings (SSSR count). The fourth-order valence-electron chi connectivity index (χ4n) is 4.20. The molecule has 0 spiro atoms. The molecule has 2 aromatic rings. The number of aliphatic imine (C=N–C) groups is 1. The molecule has 174 valence electrons. The fraction of sp³-hybridized carbons (Fsp3) is 0.478. The minimum absolute atomic E-state index is 0. The van der Waals surface area contributed by atoms with E-state index in [0.29, 0.717) is 25.3 Å². The highest BCUT2D eigenvalue weighted by atomic mass is 127. The summed E-state index contributed by atoms with van der Waals surface area (Å²) in [6.45, 7) is 6.83. The Morgan fingerprint density at radius 2 is 1.94 bits per heavy atom. The van der Waals surface area contributed by atoms with Gasteiger partial charge in [0.1, 0.15) is 17.5 Å². The van der Waals surface area contributed by atoms with E-state index < -0.39 is 11.6 Å². The lowest BCUT2D eigenvalue weighted by Crippen LogP contribution is -2.44. The van der Waals surface area contributed by atoms with Gasteiger partial charge in [-0.15, -0.1) is 24.0 Å². The summed E-state index contributed by atoms with van der Waals surface area (Å²) in [6, 6.07) is 8.00. The molecule has 2 saturated heterocycles. The van der Waals surface area contributed by atoms with Crippen LogP contribution in [0, 0.1) is 11.6 Å². The lowest BCUT2D eigenvalue weighted by atomic mass is 10.2. The van der Waals surface area contributed by atoms with Gasteiger partial charge in [0.15, 0.2) is 5.96 Å². The number of benzene rings is 1.